The summed E-state index contributed by atoms with van der Waals surface area (Å²) in [6.07, 6.45) is -0.163. The summed E-state index contributed by atoms with van der Waals surface area (Å²) in [6, 6.07) is 4.39. The molecule has 2 aromatic rings. The van der Waals surface area contributed by atoms with Gasteiger partial charge in [0.1, 0.15) is 29.1 Å². The van der Waals surface area contributed by atoms with Crippen LogP contribution in [0.4, 0.5) is 18.9 Å². The van der Waals surface area contributed by atoms with Gasteiger partial charge in [0.2, 0.25) is 5.91 Å². The van der Waals surface area contributed by atoms with E-state index in [2.05, 4.69) is 5.32 Å². The van der Waals surface area contributed by atoms with Gasteiger partial charge in [-0.15, -0.1) is 0 Å². The molecule has 7 nitrogen and oxygen atoms in total. The molecule has 0 saturated carbocycles. The zero-order chi connectivity index (χ0) is 19.4. The number of nitrogens with two attached hydrogens (primary N) is 1. The van der Waals surface area contributed by atoms with Gasteiger partial charge in [0.05, 0.1) is 4.92 Å². The molecule has 0 aliphatic carbocycles. The third-order valence-corrected chi connectivity index (χ3v) is 3.47. The van der Waals surface area contributed by atoms with Crippen LogP contribution in [0.1, 0.15) is 15.9 Å². The van der Waals surface area contributed by atoms with Crippen LogP contribution in [-0.2, 0) is 11.2 Å². The van der Waals surface area contributed by atoms with Gasteiger partial charge in [-0.3, -0.25) is 19.7 Å². The molecule has 10 heteroatoms. The maximum absolute atomic E-state index is 13.6. The fourth-order valence-electron chi connectivity index (χ4n) is 2.20. The van der Waals surface area contributed by atoms with E-state index in [0.29, 0.717) is 17.7 Å². The van der Waals surface area contributed by atoms with E-state index >= 15 is 0 Å². The maximum Gasteiger partial charge on any atom is 0.269 e. The molecular weight excluding hydrogens is 355 g/mol. The predicted molar refractivity (Wildman–Crippen MR) is 83.6 cm³/mol. The normalized spacial score (nSPS) is 11.7. The van der Waals surface area contributed by atoms with Crippen LogP contribution in [0.3, 0.4) is 0 Å². The van der Waals surface area contributed by atoms with E-state index in [-0.39, 0.29) is 12.1 Å². The van der Waals surface area contributed by atoms with E-state index in [1.807, 2.05) is 0 Å². The van der Waals surface area contributed by atoms with Crippen molar-refractivity contribution < 1.29 is 27.7 Å². The van der Waals surface area contributed by atoms with Crippen molar-refractivity contribution in [2.75, 3.05) is 0 Å². The maximum atomic E-state index is 13.6. The molecule has 2 rings (SSSR count). The van der Waals surface area contributed by atoms with Crippen LogP contribution in [0.2, 0.25) is 0 Å². The van der Waals surface area contributed by atoms with E-state index < -0.39 is 45.8 Å². The Morgan fingerprint density at radius 2 is 1.65 bits per heavy atom. The molecular formula is C16H12F3N3O4. The number of carbonyl (C=O) groups is 2. The lowest BCUT2D eigenvalue weighted by molar-refractivity contribution is -0.384. The van der Waals surface area contributed by atoms with Gasteiger partial charge in [-0.1, -0.05) is 12.1 Å². The summed E-state index contributed by atoms with van der Waals surface area (Å²) in [6.45, 7) is 0. The van der Waals surface area contributed by atoms with E-state index in [4.69, 9.17) is 5.73 Å². The highest BCUT2D eigenvalue weighted by molar-refractivity contribution is 5.97. The average Bonchev–Trinajstić information content (AvgIpc) is 2.53. The smallest absolute Gasteiger partial charge is 0.269 e. The molecule has 0 bridgehead atoms. The first-order valence-electron chi connectivity index (χ1n) is 7.17. The van der Waals surface area contributed by atoms with Gasteiger partial charge in [-0.2, -0.15) is 0 Å². The third kappa shape index (κ3) is 4.35. The highest BCUT2D eigenvalue weighted by atomic mass is 19.1. The van der Waals surface area contributed by atoms with E-state index in [1.165, 1.54) is 24.3 Å². The number of primary amides is 1. The minimum Gasteiger partial charge on any atom is -0.368 e. The Morgan fingerprint density at radius 1 is 1.12 bits per heavy atom. The standard InChI is InChI=1S/C16H12F3N3O4/c17-9-6-11(18)14(12(19)7-9)16(24)21-13(15(20)23)5-8-1-3-10(4-2-8)22(25)26/h1-4,6-7,13H,5H2,(H2,20,23)(H,21,24)/t13-/m1/s1. The summed E-state index contributed by atoms with van der Waals surface area (Å²) in [7, 11) is 0. The van der Waals surface area contributed by atoms with Crippen molar-refractivity contribution in [3.63, 3.8) is 0 Å². The zero-order valence-electron chi connectivity index (χ0n) is 13.0. The SMILES string of the molecule is NC(=O)[C@@H](Cc1ccc([N+](=O)[O-])cc1)NC(=O)c1c(F)cc(F)cc1F. The minimum absolute atomic E-state index is 0.163. The number of nitrogens with zero attached hydrogens (tertiary/aromatic N) is 1. The summed E-state index contributed by atoms with van der Waals surface area (Å²) >= 11 is 0. The fraction of sp³-hybridized carbons (Fsp3) is 0.125. The first kappa shape index (κ1) is 18.9. The van der Waals surface area contributed by atoms with Crippen molar-refractivity contribution in [3.8, 4) is 0 Å². The van der Waals surface area contributed by atoms with Crippen LogP contribution in [-0.4, -0.2) is 22.8 Å². The van der Waals surface area contributed by atoms with Gasteiger partial charge >= 0.3 is 0 Å². The lowest BCUT2D eigenvalue weighted by atomic mass is 10.0. The second-order valence-corrected chi connectivity index (χ2v) is 5.30. The van der Waals surface area contributed by atoms with Gasteiger partial charge in [0.15, 0.2) is 0 Å². The van der Waals surface area contributed by atoms with Crippen LogP contribution in [0.15, 0.2) is 36.4 Å². The molecule has 2 amide bonds. The Morgan fingerprint density at radius 3 is 2.12 bits per heavy atom. The molecule has 2 aromatic carbocycles. The van der Waals surface area contributed by atoms with Crippen LogP contribution in [0, 0.1) is 27.6 Å². The van der Waals surface area contributed by atoms with Crippen LogP contribution in [0.5, 0.6) is 0 Å². The van der Waals surface area contributed by atoms with Gasteiger partial charge in [0.25, 0.3) is 11.6 Å². The van der Waals surface area contributed by atoms with E-state index in [9.17, 15) is 32.9 Å². The molecule has 26 heavy (non-hydrogen) atoms. The van der Waals surface area contributed by atoms with Crippen LogP contribution in [0.25, 0.3) is 0 Å². The van der Waals surface area contributed by atoms with Crippen molar-refractivity contribution in [3.05, 3.63) is 75.1 Å². The van der Waals surface area contributed by atoms with E-state index in [1.54, 1.807) is 0 Å². The Kier molecular flexibility index (Phi) is 5.55. The molecule has 136 valence electrons. The molecule has 3 N–H and O–H groups in total. The molecule has 0 aliphatic heterocycles. The van der Waals surface area contributed by atoms with Crippen molar-refractivity contribution in [1.29, 1.82) is 0 Å². The van der Waals surface area contributed by atoms with Crippen molar-refractivity contribution in [2.24, 2.45) is 5.73 Å². The largest absolute Gasteiger partial charge is 0.368 e. The lowest BCUT2D eigenvalue weighted by Gasteiger charge is -2.16. The highest BCUT2D eigenvalue weighted by Crippen LogP contribution is 2.16. The van der Waals surface area contributed by atoms with E-state index in [0.717, 1.165) is 0 Å². The summed E-state index contributed by atoms with van der Waals surface area (Å²) in [5.41, 5.74) is 4.37. The fourth-order valence-corrected chi connectivity index (χ4v) is 2.20. The molecule has 0 spiro atoms. The monoisotopic (exact) mass is 367 g/mol. The van der Waals surface area contributed by atoms with Gasteiger partial charge in [-0.05, 0) is 5.56 Å². The first-order chi connectivity index (χ1) is 12.2. The number of nitro groups is 1. The second-order valence-electron chi connectivity index (χ2n) is 5.30. The Balaban J connectivity index is 2.19. The molecule has 0 aromatic heterocycles. The third-order valence-electron chi connectivity index (χ3n) is 3.47. The molecule has 0 fully saturated rings. The number of carbonyl (C=O) groups excluding carboxylic acids is 2. The Bertz CT molecular complexity index is 849. The summed E-state index contributed by atoms with van der Waals surface area (Å²) in [4.78, 5) is 33.6. The summed E-state index contributed by atoms with van der Waals surface area (Å²) in [5.74, 6) is -6.34. The number of nitro benzene ring substituents is 1. The topological polar surface area (TPSA) is 115 Å². The molecule has 0 saturated heterocycles. The molecule has 0 unspecified atom stereocenters. The zero-order valence-corrected chi connectivity index (χ0v) is 13.0. The lowest BCUT2D eigenvalue weighted by Crippen LogP contribution is -2.46. The van der Waals surface area contributed by atoms with Gasteiger partial charge < -0.3 is 11.1 Å². The quantitative estimate of drug-likeness (QED) is 0.599. The van der Waals surface area contributed by atoms with Crippen LogP contribution < -0.4 is 11.1 Å². The van der Waals surface area contributed by atoms with Gasteiger partial charge in [-0.25, -0.2) is 13.2 Å². The summed E-state index contributed by atoms with van der Waals surface area (Å²) in [5, 5.41) is 12.7. The molecule has 0 aliphatic rings. The number of halogens is 3. The Hall–Kier alpha value is -3.43. The Labute approximate surface area is 144 Å². The number of amides is 2. The number of non-ortho nitro benzene ring substituents is 1. The number of nitrogens with one attached hydrogen (secondary N) is 1. The first-order valence-corrected chi connectivity index (χ1v) is 7.17. The predicted octanol–water partition coefficient (Wildman–Crippen LogP) is 1.84. The number of hydrogen-bond acceptors (Lipinski definition) is 4. The average molecular weight is 367 g/mol. The number of rotatable bonds is 6. The minimum atomic E-state index is -1.43. The van der Waals surface area contributed by atoms with Crippen molar-refractivity contribution in [1.82, 2.24) is 5.32 Å². The van der Waals surface area contributed by atoms with Crippen molar-refractivity contribution >= 4 is 17.5 Å². The second kappa shape index (κ2) is 7.64. The summed E-state index contributed by atoms with van der Waals surface area (Å²) < 4.78 is 40.2. The van der Waals surface area contributed by atoms with Gasteiger partial charge in [0, 0.05) is 30.7 Å². The van der Waals surface area contributed by atoms with Crippen LogP contribution >= 0.6 is 0 Å². The highest BCUT2D eigenvalue weighted by Gasteiger charge is 2.24. The molecule has 1 atom stereocenters. The van der Waals surface area contributed by atoms with Crippen molar-refractivity contribution in [2.45, 2.75) is 12.5 Å². The number of benzene rings is 2. The number of hydrogen-bond donors (Lipinski definition) is 2. The molecule has 0 heterocycles. The molecule has 0 radical (unpaired) electrons.